The van der Waals surface area contributed by atoms with Crippen LogP contribution in [0.5, 0.6) is 5.75 Å². The fourth-order valence-electron chi connectivity index (χ4n) is 5.30. The van der Waals surface area contributed by atoms with Crippen LogP contribution in [0.1, 0.15) is 55.7 Å². The molecule has 3 aromatic carbocycles. The zero-order valence-corrected chi connectivity index (χ0v) is 16.0. The summed E-state index contributed by atoms with van der Waals surface area (Å²) >= 11 is 0. The zero-order chi connectivity index (χ0) is 18.6. The lowest BCUT2D eigenvalue weighted by atomic mass is 9.86. The van der Waals surface area contributed by atoms with E-state index in [9.17, 15) is 0 Å². The maximum atomic E-state index is 6.66. The molecule has 0 saturated heterocycles. The highest BCUT2D eigenvalue weighted by Crippen LogP contribution is 2.51. The van der Waals surface area contributed by atoms with E-state index in [2.05, 4.69) is 71.7 Å². The molecule has 1 spiro atoms. The van der Waals surface area contributed by atoms with Crippen LogP contribution in [-0.4, -0.2) is 16.4 Å². The Hall–Kier alpha value is -2.81. The molecule has 2 heterocycles. The molecular weight excluding hydrogens is 344 g/mol. The molecule has 0 radical (unpaired) electrons. The van der Waals surface area contributed by atoms with Crippen molar-refractivity contribution in [1.82, 2.24) is 5.01 Å². The molecule has 0 N–H and O–H groups in total. The summed E-state index contributed by atoms with van der Waals surface area (Å²) in [7, 11) is 0. The normalized spacial score (nSPS) is 22.5. The van der Waals surface area contributed by atoms with Gasteiger partial charge in [-0.05, 0) is 29.7 Å². The number of nitrogens with zero attached hydrogens (tertiary/aromatic N) is 2. The monoisotopic (exact) mass is 368 g/mol. The highest BCUT2D eigenvalue weighted by Gasteiger charge is 2.50. The first kappa shape index (κ1) is 16.2. The first-order valence-corrected chi connectivity index (χ1v) is 10.5. The minimum Gasteiger partial charge on any atom is -0.466 e. The molecule has 6 rings (SSSR count). The van der Waals surface area contributed by atoms with Crippen molar-refractivity contribution < 1.29 is 4.74 Å². The van der Waals surface area contributed by atoms with E-state index in [1.807, 2.05) is 0 Å². The third-order valence-corrected chi connectivity index (χ3v) is 6.64. The van der Waals surface area contributed by atoms with Crippen LogP contribution >= 0.6 is 0 Å². The van der Waals surface area contributed by atoms with E-state index >= 15 is 0 Å². The summed E-state index contributed by atoms with van der Waals surface area (Å²) in [5.74, 6) is 1.06. The molecule has 2 aliphatic heterocycles. The van der Waals surface area contributed by atoms with Gasteiger partial charge in [0.1, 0.15) is 5.75 Å². The van der Waals surface area contributed by atoms with Gasteiger partial charge in [-0.2, -0.15) is 5.10 Å². The molecule has 3 nitrogen and oxygen atoms in total. The summed E-state index contributed by atoms with van der Waals surface area (Å²) in [4.78, 5) is 0. The molecule has 1 fully saturated rings. The van der Waals surface area contributed by atoms with Gasteiger partial charge >= 0.3 is 0 Å². The van der Waals surface area contributed by atoms with Crippen molar-refractivity contribution in [3.63, 3.8) is 0 Å². The van der Waals surface area contributed by atoms with Crippen molar-refractivity contribution in [2.45, 2.75) is 50.3 Å². The molecule has 1 saturated carbocycles. The summed E-state index contributed by atoms with van der Waals surface area (Å²) in [5, 5.41) is 10.1. The van der Waals surface area contributed by atoms with E-state index in [1.54, 1.807) is 0 Å². The van der Waals surface area contributed by atoms with E-state index in [0.29, 0.717) is 0 Å². The molecule has 0 amide bonds. The summed E-state index contributed by atoms with van der Waals surface area (Å²) in [6, 6.07) is 24.0. The van der Waals surface area contributed by atoms with Crippen LogP contribution in [0.2, 0.25) is 0 Å². The lowest BCUT2D eigenvalue weighted by Crippen LogP contribution is -2.54. The van der Waals surface area contributed by atoms with Gasteiger partial charge in [0.2, 0.25) is 0 Å². The Morgan fingerprint density at radius 1 is 0.857 bits per heavy atom. The van der Waals surface area contributed by atoms with Crippen LogP contribution in [0.3, 0.4) is 0 Å². The third kappa shape index (κ3) is 2.32. The van der Waals surface area contributed by atoms with E-state index in [-0.39, 0.29) is 11.8 Å². The van der Waals surface area contributed by atoms with Crippen molar-refractivity contribution in [2.24, 2.45) is 5.10 Å². The quantitative estimate of drug-likeness (QED) is 0.523. The van der Waals surface area contributed by atoms with Gasteiger partial charge in [-0.3, -0.25) is 0 Å². The lowest BCUT2D eigenvalue weighted by Gasteiger charge is -2.49. The van der Waals surface area contributed by atoms with E-state index in [4.69, 9.17) is 9.84 Å². The largest absolute Gasteiger partial charge is 0.466 e. The van der Waals surface area contributed by atoms with Crippen molar-refractivity contribution in [3.05, 3.63) is 77.9 Å². The summed E-state index contributed by atoms with van der Waals surface area (Å²) in [6.07, 6.45) is 6.78. The SMILES string of the molecule is c1ccc2c(c1)OC1(CCCCC1)N1N=C(c3cccc4ccccc34)C[C@@H]21. The average molecular weight is 368 g/mol. The molecule has 3 aromatic rings. The average Bonchev–Trinajstić information content (AvgIpc) is 3.21. The Kier molecular flexibility index (Phi) is 3.52. The van der Waals surface area contributed by atoms with Gasteiger partial charge in [0.05, 0.1) is 11.8 Å². The Bertz CT molecular complexity index is 1080. The van der Waals surface area contributed by atoms with Crippen LogP contribution < -0.4 is 4.74 Å². The number of hydrogen-bond acceptors (Lipinski definition) is 3. The van der Waals surface area contributed by atoms with Crippen LogP contribution in [0.25, 0.3) is 10.8 Å². The van der Waals surface area contributed by atoms with Gasteiger partial charge in [0, 0.05) is 30.4 Å². The molecule has 1 atom stereocenters. The summed E-state index contributed by atoms with van der Waals surface area (Å²) in [6.45, 7) is 0. The molecule has 140 valence electrons. The molecule has 28 heavy (non-hydrogen) atoms. The van der Waals surface area contributed by atoms with E-state index in [0.717, 1.165) is 25.0 Å². The number of para-hydroxylation sites is 1. The Morgan fingerprint density at radius 3 is 2.57 bits per heavy atom. The summed E-state index contributed by atoms with van der Waals surface area (Å²) in [5.41, 5.74) is 3.45. The number of benzene rings is 3. The van der Waals surface area contributed by atoms with E-state index in [1.165, 1.54) is 46.9 Å². The maximum absolute atomic E-state index is 6.66. The first-order chi connectivity index (χ1) is 13.8. The van der Waals surface area contributed by atoms with Crippen LogP contribution in [0, 0.1) is 0 Å². The molecule has 0 unspecified atom stereocenters. The Balaban J connectivity index is 1.50. The summed E-state index contributed by atoms with van der Waals surface area (Å²) < 4.78 is 6.66. The molecule has 0 bridgehead atoms. The Morgan fingerprint density at radius 2 is 1.64 bits per heavy atom. The van der Waals surface area contributed by atoms with Gasteiger partial charge in [-0.1, -0.05) is 67.1 Å². The second-order valence-electron chi connectivity index (χ2n) is 8.28. The molecule has 0 aromatic heterocycles. The highest BCUT2D eigenvalue weighted by molar-refractivity contribution is 6.11. The predicted molar refractivity (Wildman–Crippen MR) is 113 cm³/mol. The number of ether oxygens (including phenoxy) is 1. The molecule has 1 aliphatic carbocycles. The van der Waals surface area contributed by atoms with Crippen LogP contribution in [0.4, 0.5) is 0 Å². The van der Waals surface area contributed by atoms with Gasteiger partial charge in [0.15, 0.2) is 5.72 Å². The fraction of sp³-hybridized carbons (Fsp3) is 0.320. The lowest BCUT2D eigenvalue weighted by molar-refractivity contribution is -0.140. The van der Waals surface area contributed by atoms with Crippen molar-refractivity contribution in [3.8, 4) is 5.75 Å². The second kappa shape index (κ2) is 6.10. The number of hydrogen-bond donors (Lipinski definition) is 0. The third-order valence-electron chi connectivity index (χ3n) is 6.64. The molecule has 3 aliphatic rings. The standard InChI is InChI=1S/C25H24N2O/c1-6-15-25(16-7-1)27-23(21-12-4-5-14-24(21)28-25)17-22(26-27)20-13-8-10-18-9-2-3-11-19(18)20/h2-5,8-14,23H,1,6-7,15-17H2/t23-/m0/s1. The predicted octanol–water partition coefficient (Wildman–Crippen LogP) is 6.04. The number of hydrazone groups is 1. The maximum Gasteiger partial charge on any atom is 0.198 e. The van der Waals surface area contributed by atoms with Crippen molar-refractivity contribution in [2.75, 3.05) is 0 Å². The molecular formula is C25H24N2O. The zero-order valence-electron chi connectivity index (χ0n) is 16.0. The smallest absolute Gasteiger partial charge is 0.198 e. The fourth-order valence-corrected chi connectivity index (χ4v) is 5.30. The van der Waals surface area contributed by atoms with Gasteiger partial charge in [-0.15, -0.1) is 0 Å². The molecule has 3 heteroatoms. The van der Waals surface area contributed by atoms with Gasteiger partial charge in [-0.25, -0.2) is 5.01 Å². The second-order valence-corrected chi connectivity index (χ2v) is 8.28. The number of rotatable bonds is 1. The van der Waals surface area contributed by atoms with Crippen molar-refractivity contribution in [1.29, 1.82) is 0 Å². The van der Waals surface area contributed by atoms with Crippen LogP contribution in [0.15, 0.2) is 71.8 Å². The Labute approximate surface area is 165 Å². The van der Waals surface area contributed by atoms with Gasteiger partial charge in [0.25, 0.3) is 0 Å². The minimum atomic E-state index is -0.274. The number of fused-ring (bicyclic) bond motifs is 5. The minimum absolute atomic E-state index is 0.274. The van der Waals surface area contributed by atoms with Crippen LogP contribution in [-0.2, 0) is 0 Å². The van der Waals surface area contributed by atoms with Crippen molar-refractivity contribution >= 4 is 16.5 Å². The van der Waals surface area contributed by atoms with Gasteiger partial charge < -0.3 is 4.74 Å². The topological polar surface area (TPSA) is 24.8 Å². The first-order valence-electron chi connectivity index (χ1n) is 10.5. The highest BCUT2D eigenvalue weighted by atomic mass is 16.5. The van der Waals surface area contributed by atoms with E-state index < -0.39 is 0 Å².